The first-order valence-corrected chi connectivity index (χ1v) is 7.01. The van der Waals surface area contributed by atoms with Crippen molar-refractivity contribution in [1.29, 1.82) is 0 Å². The van der Waals surface area contributed by atoms with Gasteiger partial charge in [-0.15, -0.1) is 11.3 Å². The van der Waals surface area contributed by atoms with Gasteiger partial charge in [0.05, 0.1) is 15.2 Å². The molecule has 0 saturated heterocycles. The van der Waals surface area contributed by atoms with Crippen LogP contribution in [0, 0.1) is 6.92 Å². The molecule has 0 unspecified atom stereocenters. The van der Waals surface area contributed by atoms with Gasteiger partial charge in [-0.2, -0.15) is 0 Å². The van der Waals surface area contributed by atoms with Crippen LogP contribution in [0.5, 0.6) is 0 Å². The van der Waals surface area contributed by atoms with E-state index in [4.69, 9.17) is 0 Å². The minimum absolute atomic E-state index is 0.210. The number of carbonyl (C=O) groups excluding carboxylic acids is 1. The van der Waals surface area contributed by atoms with Gasteiger partial charge in [0.2, 0.25) is 0 Å². The lowest BCUT2D eigenvalue weighted by Crippen LogP contribution is -2.11. The molecule has 0 aliphatic carbocycles. The third kappa shape index (κ3) is 2.12. The summed E-state index contributed by atoms with van der Waals surface area (Å²) < 4.78 is 1.06. The number of para-hydroxylation sites is 1. The highest BCUT2D eigenvalue weighted by molar-refractivity contribution is 7.22. The van der Waals surface area contributed by atoms with Gasteiger partial charge in [-0.05, 0) is 19.1 Å². The zero-order valence-electron chi connectivity index (χ0n) is 9.51. The Labute approximate surface area is 111 Å². The number of benzene rings is 1. The number of nitrogens with one attached hydrogen (secondary N) is 1. The van der Waals surface area contributed by atoms with Gasteiger partial charge in [0.25, 0.3) is 5.91 Å². The fourth-order valence-corrected chi connectivity index (χ4v) is 3.01. The highest BCUT2D eigenvalue weighted by Crippen LogP contribution is 2.25. The molecule has 3 rings (SSSR count). The average Bonchev–Trinajstić information content (AvgIpc) is 2.94. The summed E-state index contributed by atoms with van der Waals surface area (Å²) in [7, 11) is 0. The van der Waals surface area contributed by atoms with Crippen LogP contribution in [0.15, 0.2) is 29.6 Å². The normalized spacial score (nSPS) is 10.7. The van der Waals surface area contributed by atoms with Crippen molar-refractivity contribution >= 4 is 43.9 Å². The van der Waals surface area contributed by atoms with Crippen molar-refractivity contribution in [2.75, 3.05) is 5.32 Å². The molecule has 90 valence electrons. The second-order valence-electron chi connectivity index (χ2n) is 3.69. The summed E-state index contributed by atoms with van der Waals surface area (Å²) >= 11 is 2.92. The largest absolute Gasteiger partial charge is 0.296 e. The first-order chi connectivity index (χ1) is 8.72. The van der Waals surface area contributed by atoms with E-state index in [9.17, 15) is 4.79 Å². The van der Waals surface area contributed by atoms with E-state index in [1.807, 2.05) is 31.2 Å². The number of hydrogen-bond donors (Lipinski definition) is 1. The third-order valence-corrected chi connectivity index (χ3v) is 4.09. The maximum Gasteiger partial charge on any atom is 0.276 e. The molecule has 6 heteroatoms. The summed E-state index contributed by atoms with van der Waals surface area (Å²) in [5, 5.41) is 6.00. The molecule has 0 fully saturated rings. The molecular formula is C12H9N3OS2. The summed E-state index contributed by atoms with van der Waals surface area (Å²) in [6, 6.07) is 7.79. The summed E-state index contributed by atoms with van der Waals surface area (Å²) in [6.07, 6.45) is 0. The minimum atomic E-state index is -0.210. The fraction of sp³-hybridized carbons (Fsp3) is 0.0833. The number of fused-ring (bicyclic) bond motifs is 1. The van der Waals surface area contributed by atoms with Crippen molar-refractivity contribution in [3.8, 4) is 0 Å². The zero-order chi connectivity index (χ0) is 12.5. The summed E-state index contributed by atoms with van der Waals surface area (Å²) in [5.41, 5.74) is 1.34. The van der Waals surface area contributed by atoms with Crippen molar-refractivity contribution in [2.45, 2.75) is 6.92 Å². The quantitative estimate of drug-likeness (QED) is 0.780. The Balaban J connectivity index is 1.86. The number of aryl methyl sites for hydroxylation is 1. The van der Waals surface area contributed by atoms with Gasteiger partial charge in [0, 0.05) is 5.38 Å². The maximum atomic E-state index is 11.9. The van der Waals surface area contributed by atoms with Crippen LogP contribution >= 0.6 is 22.7 Å². The number of carbonyl (C=O) groups is 1. The predicted octanol–water partition coefficient (Wildman–Crippen LogP) is 3.31. The van der Waals surface area contributed by atoms with Crippen molar-refractivity contribution in [1.82, 2.24) is 9.97 Å². The van der Waals surface area contributed by atoms with E-state index in [2.05, 4.69) is 15.3 Å². The van der Waals surface area contributed by atoms with Gasteiger partial charge in [-0.1, -0.05) is 23.5 Å². The Kier molecular flexibility index (Phi) is 2.81. The van der Waals surface area contributed by atoms with Crippen LogP contribution in [0.3, 0.4) is 0 Å². The number of nitrogens with zero attached hydrogens (tertiary/aromatic N) is 2. The Morgan fingerprint density at radius 2 is 2.11 bits per heavy atom. The number of aromatic nitrogens is 2. The minimum Gasteiger partial charge on any atom is -0.296 e. The molecule has 1 aromatic carbocycles. The molecule has 2 aromatic heterocycles. The van der Waals surface area contributed by atoms with Gasteiger partial charge in [0.1, 0.15) is 5.69 Å². The first-order valence-electron chi connectivity index (χ1n) is 5.31. The molecule has 4 nitrogen and oxygen atoms in total. The second-order valence-corrected chi connectivity index (χ2v) is 5.79. The first kappa shape index (κ1) is 11.3. The van der Waals surface area contributed by atoms with E-state index in [0.717, 1.165) is 15.2 Å². The van der Waals surface area contributed by atoms with Gasteiger partial charge < -0.3 is 0 Å². The lowest BCUT2D eigenvalue weighted by Gasteiger charge is -1.96. The smallest absolute Gasteiger partial charge is 0.276 e. The topological polar surface area (TPSA) is 54.9 Å². The number of rotatable bonds is 2. The van der Waals surface area contributed by atoms with Gasteiger partial charge in [0.15, 0.2) is 5.13 Å². The lowest BCUT2D eigenvalue weighted by molar-refractivity contribution is 0.102. The summed E-state index contributed by atoms with van der Waals surface area (Å²) in [4.78, 5) is 20.4. The van der Waals surface area contributed by atoms with E-state index in [1.165, 1.54) is 22.7 Å². The maximum absolute atomic E-state index is 11.9. The highest BCUT2D eigenvalue weighted by Gasteiger charge is 2.12. The average molecular weight is 275 g/mol. The number of anilines is 1. The third-order valence-electron chi connectivity index (χ3n) is 2.37. The van der Waals surface area contributed by atoms with Crippen LogP contribution in [0.1, 0.15) is 15.5 Å². The predicted molar refractivity (Wildman–Crippen MR) is 74.4 cm³/mol. The molecule has 3 aromatic rings. The van der Waals surface area contributed by atoms with Crippen LogP contribution in [-0.4, -0.2) is 15.9 Å². The van der Waals surface area contributed by atoms with Crippen LogP contribution in [0.4, 0.5) is 5.13 Å². The van der Waals surface area contributed by atoms with E-state index in [1.54, 1.807) is 5.38 Å². The van der Waals surface area contributed by atoms with Crippen LogP contribution in [-0.2, 0) is 0 Å². The number of thiazole rings is 2. The zero-order valence-corrected chi connectivity index (χ0v) is 11.1. The molecule has 0 bridgehead atoms. The highest BCUT2D eigenvalue weighted by atomic mass is 32.1. The standard InChI is InChI=1S/C12H9N3OS2/c1-7-13-9(6-17-7)11(16)15-12-14-8-4-2-3-5-10(8)18-12/h2-6H,1H3,(H,14,15,16). The molecule has 2 heterocycles. The van der Waals surface area contributed by atoms with E-state index >= 15 is 0 Å². The summed E-state index contributed by atoms with van der Waals surface area (Å²) in [5.74, 6) is -0.210. The van der Waals surface area contributed by atoms with Crippen LogP contribution in [0.25, 0.3) is 10.2 Å². The molecule has 0 atom stereocenters. The lowest BCUT2D eigenvalue weighted by atomic mass is 10.3. The monoisotopic (exact) mass is 275 g/mol. The van der Waals surface area contributed by atoms with Crippen molar-refractivity contribution < 1.29 is 4.79 Å². The van der Waals surface area contributed by atoms with Crippen molar-refractivity contribution in [3.05, 3.63) is 40.3 Å². The number of amides is 1. The number of hydrogen-bond acceptors (Lipinski definition) is 5. The van der Waals surface area contributed by atoms with Crippen molar-refractivity contribution in [3.63, 3.8) is 0 Å². The molecular weight excluding hydrogens is 266 g/mol. The van der Waals surface area contributed by atoms with Gasteiger partial charge in [-0.25, -0.2) is 9.97 Å². The van der Waals surface area contributed by atoms with E-state index < -0.39 is 0 Å². The van der Waals surface area contributed by atoms with Crippen LogP contribution in [0.2, 0.25) is 0 Å². The van der Waals surface area contributed by atoms with Gasteiger partial charge >= 0.3 is 0 Å². The van der Waals surface area contributed by atoms with E-state index in [0.29, 0.717) is 10.8 Å². The summed E-state index contributed by atoms with van der Waals surface area (Å²) in [6.45, 7) is 1.87. The van der Waals surface area contributed by atoms with Gasteiger partial charge in [-0.3, -0.25) is 10.1 Å². The van der Waals surface area contributed by atoms with Crippen molar-refractivity contribution in [2.24, 2.45) is 0 Å². The SMILES string of the molecule is Cc1nc(C(=O)Nc2nc3ccccc3s2)cs1. The Bertz CT molecular complexity index is 684. The molecule has 0 radical (unpaired) electrons. The molecule has 1 amide bonds. The Morgan fingerprint density at radius 1 is 1.28 bits per heavy atom. The molecule has 18 heavy (non-hydrogen) atoms. The van der Waals surface area contributed by atoms with E-state index in [-0.39, 0.29) is 5.91 Å². The molecule has 0 aliphatic rings. The molecule has 1 N–H and O–H groups in total. The molecule has 0 spiro atoms. The molecule has 0 saturated carbocycles. The molecule has 0 aliphatic heterocycles. The Hall–Kier alpha value is -1.79. The Morgan fingerprint density at radius 3 is 2.83 bits per heavy atom. The second kappa shape index (κ2) is 4.47. The van der Waals surface area contributed by atoms with Crippen LogP contribution < -0.4 is 5.32 Å². The fourth-order valence-electron chi connectivity index (χ4n) is 1.55.